The van der Waals surface area contributed by atoms with Gasteiger partial charge in [0.15, 0.2) is 0 Å². The number of aromatic nitrogens is 2. The lowest BCUT2D eigenvalue weighted by Gasteiger charge is -2.02. The van der Waals surface area contributed by atoms with Crippen molar-refractivity contribution in [1.29, 1.82) is 0 Å². The predicted molar refractivity (Wildman–Crippen MR) is 95.0 cm³/mol. The molecule has 2 aromatic carbocycles. The molecule has 122 valence electrons. The highest BCUT2D eigenvalue weighted by molar-refractivity contribution is 7.98. The van der Waals surface area contributed by atoms with Crippen LogP contribution >= 0.6 is 11.8 Å². The normalized spacial score (nSPS) is 10.6. The Morgan fingerprint density at radius 1 is 1.17 bits per heavy atom. The van der Waals surface area contributed by atoms with Crippen molar-refractivity contribution < 1.29 is 9.21 Å². The van der Waals surface area contributed by atoms with Gasteiger partial charge in [0, 0.05) is 10.5 Å². The Labute approximate surface area is 144 Å². The maximum atomic E-state index is 12.1. The zero-order valence-corrected chi connectivity index (χ0v) is 14.3. The molecule has 0 aliphatic carbocycles. The number of hydrogen-bond donors (Lipinski definition) is 1. The number of anilines is 1. The summed E-state index contributed by atoms with van der Waals surface area (Å²) < 4.78 is 5.51. The average Bonchev–Trinajstić information content (AvgIpc) is 3.04. The van der Waals surface area contributed by atoms with Gasteiger partial charge in [-0.25, -0.2) is 0 Å². The minimum absolute atomic E-state index is 0.109. The van der Waals surface area contributed by atoms with Crippen molar-refractivity contribution in [2.45, 2.75) is 18.2 Å². The van der Waals surface area contributed by atoms with E-state index in [2.05, 4.69) is 15.5 Å². The van der Waals surface area contributed by atoms with Crippen molar-refractivity contribution in [2.75, 3.05) is 11.6 Å². The molecule has 0 aliphatic heterocycles. The second-order valence-electron chi connectivity index (χ2n) is 5.35. The lowest BCUT2D eigenvalue weighted by atomic mass is 10.1. The Hall–Kier alpha value is -2.60. The van der Waals surface area contributed by atoms with Gasteiger partial charge in [-0.3, -0.25) is 10.1 Å². The van der Waals surface area contributed by atoms with Crippen LogP contribution in [0.25, 0.3) is 11.5 Å². The van der Waals surface area contributed by atoms with Crippen molar-refractivity contribution in [3.63, 3.8) is 0 Å². The first kappa shape index (κ1) is 16.3. The van der Waals surface area contributed by atoms with E-state index >= 15 is 0 Å². The third kappa shape index (κ3) is 4.02. The summed E-state index contributed by atoms with van der Waals surface area (Å²) in [6.45, 7) is 1.99. The van der Waals surface area contributed by atoms with Crippen LogP contribution in [0.1, 0.15) is 11.1 Å². The second kappa shape index (κ2) is 7.31. The molecule has 0 saturated heterocycles. The number of aryl methyl sites for hydroxylation is 1. The van der Waals surface area contributed by atoms with Crippen LogP contribution in [0.15, 0.2) is 57.8 Å². The van der Waals surface area contributed by atoms with E-state index in [9.17, 15) is 4.79 Å². The van der Waals surface area contributed by atoms with Gasteiger partial charge in [-0.1, -0.05) is 34.9 Å². The summed E-state index contributed by atoms with van der Waals surface area (Å²) in [5.74, 6) is 0.199. The van der Waals surface area contributed by atoms with E-state index in [0.29, 0.717) is 5.89 Å². The van der Waals surface area contributed by atoms with E-state index in [1.54, 1.807) is 11.8 Å². The maximum Gasteiger partial charge on any atom is 0.322 e. The molecule has 0 unspecified atom stereocenters. The van der Waals surface area contributed by atoms with E-state index in [1.807, 2.05) is 61.7 Å². The first-order valence-electron chi connectivity index (χ1n) is 7.47. The highest BCUT2D eigenvalue weighted by atomic mass is 32.2. The molecule has 3 aromatic rings. The number of carbonyl (C=O) groups excluding carboxylic acids is 1. The summed E-state index contributed by atoms with van der Waals surface area (Å²) in [5, 5.41) is 10.5. The Kier molecular flexibility index (Phi) is 4.96. The number of nitrogens with zero attached hydrogens (tertiary/aromatic N) is 2. The summed E-state index contributed by atoms with van der Waals surface area (Å²) in [5.41, 5.74) is 2.87. The molecule has 1 heterocycles. The van der Waals surface area contributed by atoms with Gasteiger partial charge in [-0.2, -0.15) is 0 Å². The molecule has 0 radical (unpaired) electrons. The molecule has 24 heavy (non-hydrogen) atoms. The Morgan fingerprint density at radius 3 is 2.67 bits per heavy atom. The van der Waals surface area contributed by atoms with E-state index in [0.717, 1.165) is 16.7 Å². The van der Waals surface area contributed by atoms with Crippen LogP contribution in [0.3, 0.4) is 0 Å². The third-order valence-electron chi connectivity index (χ3n) is 3.46. The van der Waals surface area contributed by atoms with Crippen molar-refractivity contribution in [2.24, 2.45) is 0 Å². The lowest BCUT2D eigenvalue weighted by Crippen LogP contribution is -2.14. The smallest absolute Gasteiger partial charge is 0.322 e. The van der Waals surface area contributed by atoms with Gasteiger partial charge in [0.1, 0.15) is 0 Å². The Morgan fingerprint density at radius 2 is 1.96 bits per heavy atom. The summed E-state index contributed by atoms with van der Waals surface area (Å²) in [7, 11) is 0. The number of nitrogens with one attached hydrogen (secondary N) is 1. The van der Waals surface area contributed by atoms with Crippen LogP contribution in [0.4, 0.5) is 6.01 Å². The number of thioether (sulfide) groups is 1. The average molecular weight is 339 g/mol. The summed E-state index contributed by atoms with van der Waals surface area (Å²) in [4.78, 5) is 13.3. The number of carbonyl (C=O) groups is 1. The van der Waals surface area contributed by atoms with Crippen LogP contribution in [0, 0.1) is 6.92 Å². The highest BCUT2D eigenvalue weighted by Gasteiger charge is 2.12. The van der Waals surface area contributed by atoms with Crippen molar-refractivity contribution in [1.82, 2.24) is 10.2 Å². The molecule has 0 bridgehead atoms. The minimum Gasteiger partial charge on any atom is -0.403 e. The van der Waals surface area contributed by atoms with Crippen molar-refractivity contribution >= 4 is 23.7 Å². The Balaban J connectivity index is 1.64. The number of hydrogen-bond acceptors (Lipinski definition) is 5. The minimum atomic E-state index is -0.189. The molecule has 0 aliphatic rings. The maximum absolute atomic E-state index is 12.1. The standard InChI is InChI=1S/C18H17N3O2S/c1-12-4-3-5-14(10-12)17-20-21-18(23-17)19-16(22)11-13-6-8-15(24-2)9-7-13/h3-10H,11H2,1-2H3,(H,19,21,22). The van der Waals surface area contributed by atoms with E-state index in [1.165, 1.54) is 4.90 Å². The van der Waals surface area contributed by atoms with Gasteiger partial charge in [0.2, 0.25) is 11.8 Å². The van der Waals surface area contributed by atoms with Crippen LogP contribution < -0.4 is 5.32 Å². The molecule has 5 nitrogen and oxygen atoms in total. The number of benzene rings is 2. The zero-order valence-electron chi connectivity index (χ0n) is 13.4. The molecule has 6 heteroatoms. The molecule has 1 aromatic heterocycles. The molecule has 0 fully saturated rings. The first-order chi connectivity index (χ1) is 11.6. The topological polar surface area (TPSA) is 68.0 Å². The summed E-state index contributed by atoms with van der Waals surface area (Å²) in [6.07, 6.45) is 2.28. The van der Waals surface area contributed by atoms with Crippen LogP contribution in [-0.2, 0) is 11.2 Å². The summed E-state index contributed by atoms with van der Waals surface area (Å²) >= 11 is 1.67. The molecule has 3 rings (SSSR count). The van der Waals surface area contributed by atoms with Gasteiger partial charge < -0.3 is 4.42 Å². The highest BCUT2D eigenvalue weighted by Crippen LogP contribution is 2.21. The molecule has 0 atom stereocenters. The van der Waals surface area contributed by atoms with Gasteiger partial charge in [-0.05, 0) is 43.0 Å². The van der Waals surface area contributed by atoms with E-state index < -0.39 is 0 Å². The second-order valence-corrected chi connectivity index (χ2v) is 6.23. The van der Waals surface area contributed by atoms with Gasteiger partial charge in [0.25, 0.3) is 0 Å². The van der Waals surface area contributed by atoms with Gasteiger partial charge in [0.05, 0.1) is 6.42 Å². The number of amides is 1. The van der Waals surface area contributed by atoms with E-state index in [4.69, 9.17) is 4.42 Å². The summed E-state index contributed by atoms with van der Waals surface area (Å²) in [6, 6.07) is 15.7. The fraction of sp³-hybridized carbons (Fsp3) is 0.167. The predicted octanol–water partition coefficient (Wildman–Crippen LogP) is 3.95. The molecule has 1 N–H and O–H groups in total. The molecule has 0 spiro atoms. The van der Waals surface area contributed by atoms with Crippen molar-refractivity contribution in [3.05, 3.63) is 59.7 Å². The van der Waals surface area contributed by atoms with E-state index in [-0.39, 0.29) is 18.3 Å². The molecule has 1 amide bonds. The van der Waals surface area contributed by atoms with Gasteiger partial charge >= 0.3 is 6.01 Å². The number of rotatable bonds is 5. The quantitative estimate of drug-likeness (QED) is 0.713. The third-order valence-corrected chi connectivity index (χ3v) is 4.20. The molecular weight excluding hydrogens is 322 g/mol. The van der Waals surface area contributed by atoms with Crippen LogP contribution in [-0.4, -0.2) is 22.4 Å². The van der Waals surface area contributed by atoms with Crippen molar-refractivity contribution in [3.8, 4) is 11.5 Å². The Bertz CT molecular complexity index is 843. The fourth-order valence-electron chi connectivity index (χ4n) is 2.26. The zero-order chi connectivity index (χ0) is 16.9. The monoisotopic (exact) mass is 339 g/mol. The first-order valence-corrected chi connectivity index (χ1v) is 8.70. The van der Waals surface area contributed by atoms with Crippen LogP contribution in [0.2, 0.25) is 0 Å². The SMILES string of the molecule is CSc1ccc(CC(=O)Nc2nnc(-c3cccc(C)c3)o2)cc1. The largest absolute Gasteiger partial charge is 0.403 e. The fourth-order valence-corrected chi connectivity index (χ4v) is 2.67. The lowest BCUT2D eigenvalue weighted by molar-refractivity contribution is -0.115. The van der Waals surface area contributed by atoms with Crippen LogP contribution in [0.5, 0.6) is 0 Å². The van der Waals surface area contributed by atoms with Gasteiger partial charge in [-0.15, -0.1) is 16.9 Å². The molecule has 0 saturated carbocycles. The molecular formula is C18H17N3O2S.